The third kappa shape index (κ3) is 5.27. The molecule has 4 heteroatoms. The third-order valence-corrected chi connectivity index (χ3v) is 4.50. The summed E-state index contributed by atoms with van der Waals surface area (Å²) < 4.78 is 5.72. The number of ether oxygens (including phenoxy) is 1. The molecule has 0 radical (unpaired) electrons. The van der Waals surface area contributed by atoms with Gasteiger partial charge in [-0.15, -0.1) is 0 Å². The van der Waals surface area contributed by atoms with Gasteiger partial charge in [0.05, 0.1) is 12.6 Å². The molecule has 128 valence electrons. The second-order valence-corrected chi connectivity index (χ2v) is 6.40. The summed E-state index contributed by atoms with van der Waals surface area (Å²) >= 11 is 6.14. The summed E-state index contributed by atoms with van der Waals surface area (Å²) in [5.74, 6) is 0.839. The van der Waals surface area contributed by atoms with Crippen LogP contribution in [0.2, 0.25) is 5.02 Å². The topological polar surface area (TPSA) is 38.3 Å². The molecule has 0 saturated carbocycles. The quantitative estimate of drug-likeness (QED) is 0.717. The summed E-state index contributed by atoms with van der Waals surface area (Å²) in [6.45, 7) is 6.41. The zero-order chi connectivity index (χ0) is 17.5. The monoisotopic (exact) mass is 345 g/mol. The minimum absolute atomic E-state index is 0.0150. The number of amides is 1. The van der Waals surface area contributed by atoms with Crippen LogP contribution in [0.3, 0.4) is 0 Å². The lowest BCUT2D eigenvalue weighted by atomic mass is 10.1. The highest BCUT2D eigenvalue weighted by atomic mass is 35.5. The first-order chi connectivity index (χ1) is 11.5. The molecule has 1 N–H and O–H groups in total. The van der Waals surface area contributed by atoms with Crippen molar-refractivity contribution in [2.75, 3.05) is 6.61 Å². The number of benzene rings is 2. The fourth-order valence-electron chi connectivity index (χ4n) is 2.55. The summed E-state index contributed by atoms with van der Waals surface area (Å²) in [5, 5.41) is 3.78. The number of aryl methyl sites for hydroxylation is 2. The van der Waals surface area contributed by atoms with Crippen LogP contribution in [0.5, 0.6) is 5.75 Å². The molecule has 3 nitrogen and oxygen atoms in total. The Kier molecular flexibility index (Phi) is 6.68. The van der Waals surface area contributed by atoms with Gasteiger partial charge in [0.25, 0.3) is 0 Å². The predicted molar refractivity (Wildman–Crippen MR) is 98.7 cm³/mol. The van der Waals surface area contributed by atoms with E-state index in [0.29, 0.717) is 19.4 Å². The van der Waals surface area contributed by atoms with Crippen LogP contribution >= 0.6 is 11.6 Å². The molecule has 1 amide bonds. The zero-order valence-electron chi connectivity index (χ0n) is 14.4. The van der Waals surface area contributed by atoms with Crippen molar-refractivity contribution in [1.82, 2.24) is 5.32 Å². The van der Waals surface area contributed by atoms with E-state index in [-0.39, 0.29) is 11.9 Å². The number of carbonyl (C=O) groups excluding carboxylic acids is 1. The van der Waals surface area contributed by atoms with E-state index in [1.807, 2.05) is 63.2 Å². The molecule has 0 unspecified atom stereocenters. The van der Waals surface area contributed by atoms with E-state index in [4.69, 9.17) is 16.3 Å². The Morgan fingerprint density at radius 1 is 1.17 bits per heavy atom. The fourth-order valence-corrected chi connectivity index (χ4v) is 2.66. The lowest BCUT2D eigenvalue weighted by Crippen LogP contribution is -2.26. The van der Waals surface area contributed by atoms with Gasteiger partial charge in [0.2, 0.25) is 5.91 Å². The highest BCUT2D eigenvalue weighted by Crippen LogP contribution is 2.25. The van der Waals surface area contributed by atoms with Crippen molar-refractivity contribution in [3.05, 3.63) is 64.2 Å². The molecular formula is C20H24ClNO2. The first-order valence-corrected chi connectivity index (χ1v) is 8.59. The van der Waals surface area contributed by atoms with Gasteiger partial charge in [-0.25, -0.2) is 0 Å². The van der Waals surface area contributed by atoms with Gasteiger partial charge in [0.1, 0.15) is 5.75 Å². The average Bonchev–Trinajstić information content (AvgIpc) is 2.57. The Hall–Kier alpha value is -2.00. The number of hydrogen-bond donors (Lipinski definition) is 1. The molecule has 2 rings (SSSR count). The molecule has 0 spiro atoms. The standard InChI is InChI=1S/C20H24ClNO2/c1-14-12-18(13-15(2)20(14)21)24-11-7-10-19(23)22-16(3)17-8-5-4-6-9-17/h4-6,8-9,12-13,16H,7,10-11H2,1-3H3,(H,22,23)/t16-/m1/s1. The van der Waals surface area contributed by atoms with Crippen LogP contribution in [0, 0.1) is 13.8 Å². The highest BCUT2D eigenvalue weighted by Gasteiger charge is 2.09. The number of rotatable bonds is 7. The van der Waals surface area contributed by atoms with Gasteiger partial charge in [-0.1, -0.05) is 41.9 Å². The van der Waals surface area contributed by atoms with Gasteiger partial charge in [-0.05, 0) is 56.0 Å². The van der Waals surface area contributed by atoms with E-state index in [2.05, 4.69) is 5.32 Å². The Morgan fingerprint density at radius 3 is 2.42 bits per heavy atom. The molecule has 0 aliphatic carbocycles. The number of hydrogen-bond acceptors (Lipinski definition) is 2. The van der Waals surface area contributed by atoms with Gasteiger partial charge < -0.3 is 10.1 Å². The number of halogens is 1. The van der Waals surface area contributed by atoms with Crippen LogP contribution in [0.4, 0.5) is 0 Å². The van der Waals surface area contributed by atoms with E-state index < -0.39 is 0 Å². The first-order valence-electron chi connectivity index (χ1n) is 8.21. The molecule has 0 aliphatic rings. The van der Waals surface area contributed by atoms with Gasteiger partial charge in [0.15, 0.2) is 0 Å². The van der Waals surface area contributed by atoms with E-state index in [1.54, 1.807) is 0 Å². The van der Waals surface area contributed by atoms with Gasteiger partial charge in [-0.2, -0.15) is 0 Å². The van der Waals surface area contributed by atoms with Crippen LogP contribution in [0.1, 0.15) is 42.5 Å². The molecule has 0 bridgehead atoms. The maximum Gasteiger partial charge on any atom is 0.220 e. The van der Waals surface area contributed by atoms with Gasteiger partial charge >= 0.3 is 0 Å². The minimum Gasteiger partial charge on any atom is -0.494 e. The largest absolute Gasteiger partial charge is 0.494 e. The van der Waals surface area contributed by atoms with Crippen molar-refractivity contribution in [3.8, 4) is 5.75 Å². The zero-order valence-corrected chi connectivity index (χ0v) is 15.2. The molecule has 2 aromatic rings. The Morgan fingerprint density at radius 2 is 1.79 bits per heavy atom. The van der Waals surface area contributed by atoms with Crippen LogP contribution < -0.4 is 10.1 Å². The van der Waals surface area contributed by atoms with Crippen molar-refractivity contribution in [1.29, 1.82) is 0 Å². The number of nitrogens with one attached hydrogen (secondary N) is 1. The Balaban J connectivity index is 1.73. The molecular weight excluding hydrogens is 322 g/mol. The SMILES string of the molecule is Cc1cc(OCCCC(=O)N[C@H](C)c2ccccc2)cc(C)c1Cl. The second kappa shape index (κ2) is 8.74. The summed E-state index contributed by atoms with van der Waals surface area (Å²) in [7, 11) is 0. The summed E-state index contributed by atoms with van der Waals surface area (Å²) in [4.78, 5) is 12.0. The van der Waals surface area contributed by atoms with Crippen LogP contribution in [-0.2, 0) is 4.79 Å². The Bertz CT molecular complexity index is 662. The molecule has 1 atom stereocenters. The summed E-state index contributed by atoms with van der Waals surface area (Å²) in [6, 6.07) is 13.8. The van der Waals surface area contributed by atoms with Crippen LogP contribution in [-0.4, -0.2) is 12.5 Å². The lowest BCUT2D eigenvalue weighted by molar-refractivity contribution is -0.121. The minimum atomic E-state index is 0.0150. The average molecular weight is 346 g/mol. The van der Waals surface area contributed by atoms with Crippen molar-refractivity contribution >= 4 is 17.5 Å². The summed E-state index contributed by atoms with van der Waals surface area (Å²) in [5.41, 5.74) is 3.11. The lowest BCUT2D eigenvalue weighted by Gasteiger charge is -2.14. The van der Waals surface area contributed by atoms with E-state index in [9.17, 15) is 4.79 Å². The van der Waals surface area contributed by atoms with Crippen molar-refractivity contribution < 1.29 is 9.53 Å². The first kappa shape index (κ1) is 18.3. The molecule has 2 aromatic carbocycles. The highest BCUT2D eigenvalue weighted by molar-refractivity contribution is 6.32. The molecule has 0 fully saturated rings. The summed E-state index contributed by atoms with van der Waals surface area (Å²) in [6.07, 6.45) is 1.12. The molecule has 0 saturated heterocycles. The smallest absolute Gasteiger partial charge is 0.220 e. The van der Waals surface area contributed by atoms with Gasteiger partial charge in [0, 0.05) is 11.4 Å². The van der Waals surface area contributed by atoms with Crippen LogP contribution in [0.25, 0.3) is 0 Å². The fraction of sp³-hybridized carbons (Fsp3) is 0.350. The number of carbonyl (C=O) groups is 1. The van der Waals surface area contributed by atoms with E-state index in [1.165, 1.54) is 0 Å². The second-order valence-electron chi connectivity index (χ2n) is 6.02. The van der Waals surface area contributed by atoms with Gasteiger partial charge in [-0.3, -0.25) is 4.79 Å². The van der Waals surface area contributed by atoms with E-state index >= 15 is 0 Å². The van der Waals surface area contributed by atoms with Crippen molar-refractivity contribution in [2.45, 2.75) is 39.7 Å². The maximum absolute atomic E-state index is 12.0. The molecule has 0 aliphatic heterocycles. The van der Waals surface area contributed by atoms with E-state index in [0.717, 1.165) is 27.5 Å². The molecule has 24 heavy (non-hydrogen) atoms. The molecule has 0 aromatic heterocycles. The maximum atomic E-state index is 12.0. The van der Waals surface area contributed by atoms with Crippen LogP contribution in [0.15, 0.2) is 42.5 Å². The predicted octanol–water partition coefficient (Wildman–Crippen LogP) is 4.99. The molecule has 0 heterocycles. The Labute approximate surface area is 149 Å². The van der Waals surface area contributed by atoms with Crippen molar-refractivity contribution in [3.63, 3.8) is 0 Å². The normalized spacial score (nSPS) is 11.8. The van der Waals surface area contributed by atoms with Crippen molar-refractivity contribution in [2.24, 2.45) is 0 Å². The third-order valence-electron chi connectivity index (χ3n) is 3.90.